The largest absolute Gasteiger partial charge is 0.392 e. The van der Waals surface area contributed by atoms with Gasteiger partial charge in [-0.05, 0) is 26.0 Å². The van der Waals surface area contributed by atoms with Gasteiger partial charge < -0.3 is 10.0 Å². The smallest absolute Gasteiger partial charge is 0.0716 e. The summed E-state index contributed by atoms with van der Waals surface area (Å²) >= 11 is 5.99. The molecule has 0 bridgehead atoms. The Kier molecular flexibility index (Phi) is 3.78. The van der Waals surface area contributed by atoms with E-state index in [1.165, 1.54) is 0 Å². The minimum Gasteiger partial charge on any atom is -0.392 e. The van der Waals surface area contributed by atoms with Crippen molar-refractivity contribution in [1.82, 2.24) is 0 Å². The summed E-state index contributed by atoms with van der Waals surface area (Å²) in [6, 6.07) is 6.05. The molecule has 0 aliphatic carbocycles. The Morgan fingerprint density at radius 3 is 2.57 bits per heavy atom. The van der Waals surface area contributed by atoms with Gasteiger partial charge in [0, 0.05) is 29.4 Å². The average Bonchev–Trinajstić information content (AvgIpc) is 2.16. The number of rotatable bonds is 3. The molecule has 0 amide bonds. The van der Waals surface area contributed by atoms with E-state index in [1.54, 1.807) is 6.07 Å². The summed E-state index contributed by atoms with van der Waals surface area (Å²) in [5.74, 6) is 0. The van der Waals surface area contributed by atoms with E-state index in [9.17, 15) is 5.11 Å². The van der Waals surface area contributed by atoms with Gasteiger partial charge in [0.25, 0.3) is 0 Å². The highest BCUT2D eigenvalue weighted by Crippen LogP contribution is 2.27. The van der Waals surface area contributed by atoms with Crippen LogP contribution in [0, 0.1) is 0 Å². The summed E-state index contributed by atoms with van der Waals surface area (Å²) in [6.45, 7) is 4.18. The van der Waals surface area contributed by atoms with Gasteiger partial charge in [0.15, 0.2) is 0 Å². The van der Waals surface area contributed by atoms with Gasteiger partial charge in [-0.3, -0.25) is 0 Å². The first kappa shape index (κ1) is 11.3. The van der Waals surface area contributed by atoms with Gasteiger partial charge in [-0.1, -0.05) is 17.7 Å². The molecule has 0 atom stereocenters. The number of benzene rings is 1. The summed E-state index contributed by atoms with van der Waals surface area (Å²) in [4.78, 5) is 2.09. The Hall–Kier alpha value is -0.730. The lowest BCUT2D eigenvalue weighted by atomic mass is 10.1. The monoisotopic (exact) mass is 213 g/mol. The van der Waals surface area contributed by atoms with Crippen molar-refractivity contribution in [3.05, 3.63) is 28.8 Å². The Morgan fingerprint density at radius 1 is 1.43 bits per heavy atom. The van der Waals surface area contributed by atoms with Crippen molar-refractivity contribution >= 4 is 17.3 Å². The Labute approximate surface area is 90.1 Å². The first-order chi connectivity index (χ1) is 6.57. The van der Waals surface area contributed by atoms with Crippen LogP contribution in [-0.4, -0.2) is 18.2 Å². The molecule has 1 rings (SSSR count). The molecular weight excluding hydrogens is 198 g/mol. The number of aliphatic hydroxyl groups excluding tert-OH is 1. The van der Waals surface area contributed by atoms with Gasteiger partial charge in [-0.2, -0.15) is 0 Å². The van der Waals surface area contributed by atoms with E-state index in [-0.39, 0.29) is 6.61 Å². The molecule has 0 radical (unpaired) electrons. The molecule has 0 unspecified atom stereocenters. The van der Waals surface area contributed by atoms with Crippen LogP contribution in [-0.2, 0) is 6.61 Å². The summed E-state index contributed by atoms with van der Waals surface area (Å²) < 4.78 is 0. The lowest BCUT2D eigenvalue weighted by Crippen LogP contribution is -2.26. The summed E-state index contributed by atoms with van der Waals surface area (Å²) in [6.07, 6.45) is 0. The van der Waals surface area contributed by atoms with Crippen LogP contribution < -0.4 is 4.90 Å². The standard InChI is InChI=1S/C11H16ClNO/c1-8(2)13(3)11-6-4-5-10(12)9(11)7-14/h4-6,8,14H,7H2,1-3H3. The number of halogens is 1. The normalized spacial score (nSPS) is 10.7. The van der Waals surface area contributed by atoms with Crippen molar-refractivity contribution in [2.45, 2.75) is 26.5 Å². The van der Waals surface area contributed by atoms with Gasteiger partial charge in [0.2, 0.25) is 0 Å². The van der Waals surface area contributed by atoms with Crippen molar-refractivity contribution in [3.8, 4) is 0 Å². The average molecular weight is 214 g/mol. The van der Waals surface area contributed by atoms with Crippen molar-refractivity contribution in [2.75, 3.05) is 11.9 Å². The Balaban J connectivity index is 3.13. The van der Waals surface area contributed by atoms with Crippen LogP contribution in [0.1, 0.15) is 19.4 Å². The third-order valence-corrected chi connectivity index (χ3v) is 2.76. The molecule has 1 N–H and O–H groups in total. The van der Waals surface area contributed by atoms with Crippen molar-refractivity contribution in [2.24, 2.45) is 0 Å². The van der Waals surface area contributed by atoms with Crippen molar-refractivity contribution < 1.29 is 5.11 Å². The summed E-state index contributed by atoms with van der Waals surface area (Å²) in [5, 5.41) is 9.84. The van der Waals surface area contributed by atoms with E-state index in [2.05, 4.69) is 18.7 Å². The third-order valence-electron chi connectivity index (χ3n) is 2.41. The number of hydrogen-bond donors (Lipinski definition) is 1. The van der Waals surface area contributed by atoms with Crippen molar-refractivity contribution in [1.29, 1.82) is 0 Å². The van der Waals surface area contributed by atoms with Crippen LogP contribution in [0.2, 0.25) is 5.02 Å². The summed E-state index contributed by atoms with van der Waals surface area (Å²) in [5.41, 5.74) is 1.79. The topological polar surface area (TPSA) is 23.5 Å². The molecule has 1 aromatic rings. The molecule has 0 saturated heterocycles. The second-order valence-electron chi connectivity index (χ2n) is 3.60. The van der Waals surface area contributed by atoms with Crippen LogP contribution in [0.3, 0.4) is 0 Å². The second-order valence-corrected chi connectivity index (χ2v) is 4.01. The van der Waals surface area contributed by atoms with Gasteiger partial charge in [-0.25, -0.2) is 0 Å². The van der Waals surface area contributed by atoms with Gasteiger partial charge in [0.1, 0.15) is 0 Å². The Bertz CT molecular complexity index is 312. The number of anilines is 1. The predicted molar refractivity (Wildman–Crippen MR) is 60.9 cm³/mol. The molecule has 0 spiro atoms. The maximum absolute atomic E-state index is 9.22. The molecule has 0 heterocycles. The van der Waals surface area contributed by atoms with Crippen LogP contribution in [0.5, 0.6) is 0 Å². The SMILES string of the molecule is CC(C)N(C)c1cccc(Cl)c1CO. The zero-order valence-corrected chi connectivity index (χ0v) is 9.54. The van der Waals surface area contributed by atoms with Crippen LogP contribution in [0.15, 0.2) is 18.2 Å². The minimum atomic E-state index is -0.0218. The van der Waals surface area contributed by atoms with Crippen LogP contribution in [0.25, 0.3) is 0 Å². The first-order valence-corrected chi connectivity index (χ1v) is 5.06. The molecule has 1 aromatic carbocycles. The zero-order chi connectivity index (χ0) is 10.7. The number of hydrogen-bond acceptors (Lipinski definition) is 2. The van der Waals surface area contributed by atoms with Gasteiger partial charge in [0.05, 0.1) is 6.61 Å². The molecule has 0 aromatic heterocycles. The quantitative estimate of drug-likeness (QED) is 0.835. The van der Waals surface area contributed by atoms with E-state index in [4.69, 9.17) is 11.6 Å². The highest BCUT2D eigenvalue weighted by atomic mass is 35.5. The lowest BCUT2D eigenvalue weighted by molar-refractivity contribution is 0.282. The van der Waals surface area contributed by atoms with E-state index < -0.39 is 0 Å². The number of aliphatic hydroxyl groups is 1. The van der Waals surface area contributed by atoms with Crippen LogP contribution in [0.4, 0.5) is 5.69 Å². The second kappa shape index (κ2) is 4.67. The first-order valence-electron chi connectivity index (χ1n) is 4.69. The lowest BCUT2D eigenvalue weighted by Gasteiger charge is -2.26. The molecule has 14 heavy (non-hydrogen) atoms. The maximum atomic E-state index is 9.22. The molecule has 0 fully saturated rings. The highest BCUT2D eigenvalue weighted by Gasteiger charge is 2.11. The minimum absolute atomic E-state index is 0.0218. The molecule has 78 valence electrons. The fourth-order valence-corrected chi connectivity index (χ4v) is 1.54. The van der Waals surface area contributed by atoms with Crippen LogP contribution >= 0.6 is 11.6 Å². The van der Waals surface area contributed by atoms with E-state index in [1.807, 2.05) is 19.2 Å². The molecule has 2 nitrogen and oxygen atoms in total. The summed E-state index contributed by atoms with van der Waals surface area (Å²) in [7, 11) is 2.00. The molecule has 0 aliphatic rings. The predicted octanol–water partition coefficient (Wildman–Crippen LogP) is 2.68. The fraction of sp³-hybridized carbons (Fsp3) is 0.455. The maximum Gasteiger partial charge on any atom is 0.0716 e. The van der Waals surface area contributed by atoms with E-state index >= 15 is 0 Å². The fourth-order valence-electron chi connectivity index (χ4n) is 1.31. The zero-order valence-electron chi connectivity index (χ0n) is 8.79. The molecule has 0 saturated carbocycles. The molecular formula is C11H16ClNO. The van der Waals surface area contributed by atoms with Crippen molar-refractivity contribution in [3.63, 3.8) is 0 Å². The number of nitrogens with zero attached hydrogens (tertiary/aromatic N) is 1. The third kappa shape index (κ3) is 2.20. The molecule has 0 aliphatic heterocycles. The van der Waals surface area contributed by atoms with Gasteiger partial charge >= 0.3 is 0 Å². The van der Waals surface area contributed by atoms with Gasteiger partial charge in [-0.15, -0.1) is 0 Å². The van der Waals surface area contributed by atoms with E-state index in [0.717, 1.165) is 11.3 Å². The Morgan fingerprint density at radius 2 is 2.07 bits per heavy atom. The molecule has 3 heteroatoms. The van der Waals surface area contributed by atoms with E-state index in [0.29, 0.717) is 11.1 Å². The highest BCUT2D eigenvalue weighted by molar-refractivity contribution is 6.31.